The molecular formula is C13H18INO5S. The van der Waals surface area contributed by atoms with Gasteiger partial charge in [-0.05, 0) is 46.7 Å². The molecule has 0 aliphatic heterocycles. The second kappa shape index (κ2) is 8.06. The Labute approximate surface area is 138 Å². The molecule has 0 amide bonds. The third-order valence-corrected chi connectivity index (χ3v) is 4.87. The van der Waals surface area contributed by atoms with Crippen LogP contribution < -0.4 is 4.72 Å². The normalized spacial score (nSPS) is 11.8. The Bertz CT molecular complexity index is 601. The maximum absolute atomic E-state index is 12.1. The van der Waals surface area contributed by atoms with Gasteiger partial charge in [0.15, 0.2) is 0 Å². The topological polar surface area (TPSA) is 92.7 Å². The lowest BCUT2D eigenvalue weighted by atomic mass is 10.2. The molecule has 0 aliphatic carbocycles. The van der Waals surface area contributed by atoms with Crippen molar-refractivity contribution < 1.29 is 23.1 Å². The first-order valence-electron chi connectivity index (χ1n) is 6.34. The van der Waals surface area contributed by atoms with Crippen LogP contribution in [0, 0.1) is 9.49 Å². The van der Waals surface area contributed by atoms with Gasteiger partial charge in [0, 0.05) is 16.7 Å². The van der Waals surface area contributed by atoms with Crippen molar-refractivity contribution in [2.75, 3.05) is 19.8 Å². The standard InChI is InChI=1S/C13H18INO5S/c1-9(2)8-20-6-5-15-21(18,19)10-3-4-12(14)11(7-10)13(16)17/h3-4,7,9,15H,5-6,8H2,1-2H3,(H,16,17). The number of sulfonamides is 1. The Balaban J connectivity index is 2.70. The van der Waals surface area contributed by atoms with Gasteiger partial charge in [-0.1, -0.05) is 13.8 Å². The van der Waals surface area contributed by atoms with Crippen LogP contribution in [-0.4, -0.2) is 39.3 Å². The highest BCUT2D eigenvalue weighted by molar-refractivity contribution is 14.1. The van der Waals surface area contributed by atoms with Gasteiger partial charge in [0.05, 0.1) is 17.1 Å². The third-order valence-electron chi connectivity index (χ3n) is 2.47. The maximum atomic E-state index is 12.1. The first-order chi connectivity index (χ1) is 9.74. The summed E-state index contributed by atoms with van der Waals surface area (Å²) in [6.07, 6.45) is 0. The van der Waals surface area contributed by atoms with Crippen molar-refractivity contribution in [3.8, 4) is 0 Å². The third kappa shape index (κ3) is 5.89. The number of carbonyl (C=O) groups is 1. The van der Waals surface area contributed by atoms with Crippen LogP contribution in [0.2, 0.25) is 0 Å². The fraction of sp³-hybridized carbons (Fsp3) is 0.462. The average molecular weight is 427 g/mol. The summed E-state index contributed by atoms with van der Waals surface area (Å²) < 4.78 is 32.3. The van der Waals surface area contributed by atoms with Crippen molar-refractivity contribution in [3.05, 3.63) is 27.3 Å². The molecule has 0 saturated heterocycles. The lowest BCUT2D eigenvalue weighted by molar-refractivity contribution is 0.0695. The highest BCUT2D eigenvalue weighted by Gasteiger charge is 2.17. The number of halogens is 1. The Morgan fingerprint density at radius 3 is 2.67 bits per heavy atom. The van der Waals surface area contributed by atoms with Crippen molar-refractivity contribution >= 4 is 38.6 Å². The molecule has 1 rings (SSSR count). The summed E-state index contributed by atoms with van der Waals surface area (Å²) in [6.45, 7) is 4.98. The maximum Gasteiger partial charge on any atom is 0.336 e. The molecule has 0 aliphatic rings. The minimum absolute atomic E-state index is 0.0328. The lowest BCUT2D eigenvalue weighted by Gasteiger charge is -2.09. The predicted molar refractivity (Wildman–Crippen MR) is 87.0 cm³/mol. The molecule has 0 atom stereocenters. The van der Waals surface area contributed by atoms with Gasteiger partial charge in [0.25, 0.3) is 0 Å². The minimum Gasteiger partial charge on any atom is -0.478 e. The van der Waals surface area contributed by atoms with Gasteiger partial charge >= 0.3 is 5.97 Å². The van der Waals surface area contributed by atoms with E-state index in [9.17, 15) is 13.2 Å². The van der Waals surface area contributed by atoms with Crippen molar-refractivity contribution in [2.24, 2.45) is 5.92 Å². The van der Waals surface area contributed by atoms with Gasteiger partial charge in [-0.25, -0.2) is 17.9 Å². The Hall–Kier alpha value is -0.710. The summed E-state index contributed by atoms with van der Waals surface area (Å²) in [6, 6.07) is 4.00. The number of ether oxygens (including phenoxy) is 1. The van der Waals surface area contributed by atoms with E-state index < -0.39 is 16.0 Å². The lowest BCUT2D eigenvalue weighted by Crippen LogP contribution is -2.28. The molecule has 21 heavy (non-hydrogen) atoms. The van der Waals surface area contributed by atoms with Crippen LogP contribution in [-0.2, 0) is 14.8 Å². The van der Waals surface area contributed by atoms with Gasteiger partial charge in [0.2, 0.25) is 10.0 Å². The van der Waals surface area contributed by atoms with E-state index in [1.807, 2.05) is 36.4 Å². The molecule has 0 saturated carbocycles. The summed E-state index contributed by atoms with van der Waals surface area (Å²) in [5, 5.41) is 9.01. The first-order valence-corrected chi connectivity index (χ1v) is 8.90. The number of benzene rings is 1. The van der Waals surface area contributed by atoms with Crippen LogP contribution in [0.4, 0.5) is 0 Å². The second-order valence-corrected chi connectivity index (χ2v) is 7.74. The number of hydrogen-bond acceptors (Lipinski definition) is 4. The van der Waals surface area contributed by atoms with Crippen LogP contribution in [0.15, 0.2) is 23.1 Å². The average Bonchev–Trinajstić information content (AvgIpc) is 2.37. The van der Waals surface area contributed by atoms with Crippen molar-refractivity contribution in [3.63, 3.8) is 0 Å². The molecule has 118 valence electrons. The van der Waals surface area contributed by atoms with Crippen LogP contribution >= 0.6 is 22.6 Å². The fourth-order valence-electron chi connectivity index (χ4n) is 1.49. The van der Waals surface area contributed by atoms with Gasteiger partial charge in [-0.15, -0.1) is 0 Å². The SMILES string of the molecule is CC(C)COCCNS(=O)(=O)c1ccc(I)c(C(=O)O)c1. The number of rotatable bonds is 8. The molecule has 0 fully saturated rings. The van der Waals surface area contributed by atoms with E-state index in [1.54, 1.807) is 0 Å². The number of hydrogen-bond donors (Lipinski definition) is 2. The van der Waals surface area contributed by atoms with E-state index in [4.69, 9.17) is 9.84 Å². The minimum atomic E-state index is -3.73. The van der Waals surface area contributed by atoms with E-state index in [0.717, 1.165) is 6.07 Å². The van der Waals surface area contributed by atoms with Gasteiger partial charge in [0.1, 0.15) is 0 Å². The zero-order chi connectivity index (χ0) is 16.0. The molecule has 0 aromatic heterocycles. The molecule has 8 heteroatoms. The van der Waals surface area contributed by atoms with E-state index in [-0.39, 0.29) is 23.6 Å². The number of carboxylic acid groups (broad SMARTS) is 1. The molecule has 1 aromatic carbocycles. The molecular weight excluding hydrogens is 409 g/mol. The van der Waals surface area contributed by atoms with Crippen LogP contribution in [0.1, 0.15) is 24.2 Å². The molecule has 0 spiro atoms. The first kappa shape index (κ1) is 18.3. The quantitative estimate of drug-likeness (QED) is 0.489. The van der Waals surface area contributed by atoms with E-state index in [1.165, 1.54) is 12.1 Å². The molecule has 6 nitrogen and oxygen atoms in total. The monoisotopic (exact) mass is 427 g/mol. The highest BCUT2D eigenvalue weighted by atomic mass is 127. The van der Waals surface area contributed by atoms with Gasteiger partial charge in [-0.2, -0.15) is 0 Å². The van der Waals surface area contributed by atoms with Gasteiger partial charge < -0.3 is 9.84 Å². The van der Waals surface area contributed by atoms with Crippen LogP contribution in [0.25, 0.3) is 0 Å². The second-order valence-electron chi connectivity index (χ2n) is 4.81. The zero-order valence-electron chi connectivity index (χ0n) is 11.8. The summed E-state index contributed by atoms with van der Waals surface area (Å²) in [4.78, 5) is 11.0. The van der Waals surface area contributed by atoms with Gasteiger partial charge in [-0.3, -0.25) is 0 Å². The summed E-state index contributed by atoms with van der Waals surface area (Å²) >= 11 is 1.85. The Kier molecular flexibility index (Phi) is 7.04. The summed E-state index contributed by atoms with van der Waals surface area (Å²) in [7, 11) is -3.73. The zero-order valence-corrected chi connectivity index (χ0v) is 14.8. The predicted octanol–water partition coefficient (Wildman–Crippen LogP) is 1.94. The molecule has 0 bridgehead atoms. The largest absolute Gasteiger partial charge is 0.478 e. The van der Waals surface area contributed by atoms with Crippen LogP contribution in [0.3, 0.4) is 0 Å². The van der Waals surface area contributed by atoms with Crippen molar-refractivity contribution in [2.45, 2.75) is 18.7 Å². The number of aromatic carboxylic acids is 1. The summed E-state index contributed by atoms with van der Waals surface area (Å²) in [5.41, 5.74) is -0.0328. The summed E-state index contributed by atoms with van der Waals surface area (Å²) in [5.74, 6) is -0.771. The highest BCUT2D eigenvalue weighted by Crippen LogP contribution is 2.17. The molecule has 0 heterocycles. The van der Waals surface area contributed by atoms with E-state index >= 15 is 0 Å². The van der Waals surface area contributed by atoms with Crippen LogP contribution in [0.5, 0.6) is 0 Å². The molecule has 0 unspecified atom stereocenters. The Morgan fingerprint density at radius 1 is 1.43 bits per heavy atom. The number of nitrogens with one attached hydrogen (secondary N) is 1. The Morgan fingerprint density at radius 2 is 2.10 bits per heavy atom. The molecule has 2 N–H and O–H groups in total. The van der Waals surface area contributed by atoms with Crippen molar-refractivity contribution in [1.29, 1.82) is 0 Å². The molecule has 0 radical (unpaired) electrons. The smallest absolute Gasteiger partial charge is 0.336 e. The number of carboxylic acids is 1. The van der Waals surface area contributed by atoms with E-state index in [0.29, 0.717) is 16.1 Å². The van der Waals surface area contributed by atoms with Crippen molar-refractivity contribution in [1.82, 2.24) is 4.72 Å². The molecule has 1 aromatic rings. The fourth-order valence-corrected chi connectivity index (χ4v) is 3.09. The van der Waals surface area contributed by atoms with E-state index in [2.05, 4.69) is 4.72 Å².